The van der Waals surface area contributed by atoms with Gasteiger partial charge >= 0.3 is 0 Å². The maximum absolute atomic E-state index is 12.7. The molecule has 2 aromatic rings. The van der Waals surface area contributed by atoms with Gasteiger partial charge in [0.25, 0.3) is 5.91 Å². The number of hydrogen-bond donors (Lipinski definition) is 1. The van der Waals surface area contributed by atoms with E-state index in [1.54, 1.807) is 24.7 Å². The maximum atomic E-state index is 12.7. The van der Waals surface area contributed by atoms with Gasteiger partial charge in [-0.2, -0.15) is 0 Å². The highest BCUT2D eigenvalue weighted by atomic mass is 16.2. The van der Waals surface area contributed by atoms with Crippen LogP contribution in [0.3, 0.4) is 0 Å². The van der Waals surface area contributed by atoms with Crippen molar-refractivity contribution in [3.05, 3.63) is 42.5 Å². The van der Waals surface area contributed by atoms with Crippen molar-refractivity contribution in [2.24, 2.45) is 0 Å². The van der Waals surface area contributed by atoms with Crippen molar-refractivity contribution in [1.29, 1.82) is 0 Å². The van der Waals surface area contributed by atoms with E-state index in [1.165, 1.54) is 0 Å². The van der Waals surface area contributed by atoms with Crippen LogP contribution < -0.4 is 10.2 Å². The first-order valence-electron chi connectivity index (χ1n) is 8.48. The zero-order valence-electron chi connectivity index (χ0n) is 14.9. The largest absolute Gasteiger partial charge is 0.380 e. The van der Waals surface area contributed by atoms with Gasteiger partial charge in [0.2, 0.25) is 5.95 Å². The fraction of sp³-hybridized carbons (Fsp3) is 0.444. The smallest absolute Gasteiger partial charge is 0.272 e. The number of piperazine rings is 1. The number of carbonyl (C=O) groups excluding carboxylic acids is 1. The molecule has 0 radical (unpaired) electrons. The molecular weight excluding hydrogens is 316 g/mol. The topological polar surface area (TPSA) is 74.2 Å². The lowest BCUT2D eigenvalue weighted by atomic mass is 10.1. The second-order valence-corrected chi connectivity index (χ2v) is 7.13. The van der Waals surface area contributed by atoms with Crippen LogP contribution in [0.15, 0.2) is 36.8 Å². The number of hydrogen-bond acceptors (Lipinski definition) is 6. The molecule has 25 heavy (non-hydrogen) atoms. The van der Waals surface area contributed by atoms with Crippen LogP contribution in [0.1, 0.15) is 31.3 Å². The standard InChI is InChI=1S/C18H24N6O/c1-18(2,3)22-14-5-8-19-15(13-14)16(25)23-9-11-24(12-10-23)17-20-6-4-7-21-17/h4-8,13H,9-12H2,1-3H3,(H,19,22). The Morgan fingerprint density at radius 2 is 1.72 bits per heavy atom. The molecule has 1 saturated heterocycles. The minimum atomic E-state index is -0.0665. The van der Waals surface area contributed by atoms with E-state index < -0.39 is 0 Å². The molecule has 132 valence electrons. The van der Waals surface area contributed by atoms with Gasteiger partial charge in [0.15, 0.2) is 0 Å². The fourth-order valence-electron chi connectivity index (χ4n) is 2.78. The van der Waals surface area contributed by atoms with Crippen molar-refractivity contribution < 1.29 is 4.79 Å². The molecule has 1 fully saturated rings. The summed E-state index contributed by atoms with van der Waals surface area (Å²) in [6.07, 6.45) is 5.14. The third-order valence-electron chi connectivity index (χ3n) is 3.90. The number of aromatic nitrogens is 3. The first-order chi connectivity index (χ1) is 11.9. The molecule has 7 nitrogen and oxygen atoms in total. The average Bonchev–Trinajstić information content (AvgIpc) is 2.61. The van der Waals surface area contributed by atoms with E-state index in [1.807, 2.05) is 17.0 Å². The van der Waals surface area contributed by atoms with Crippen LogP contribution >= 0.6 is 0 Å². The van der Waals surface area contributed by atoms with Crippen LogP contribution in [-0.4, -0.2) is 57.5 Å². The van der Waals surface area contributed by atoms with E-state index >= 15 is 0 Å². The van der Waals surface area contributed by atoms with E-state index in [0.29, 0.717) is 24.7 Å². The molecule has 0 saturated carbocycles. The number of anilines is 2. The molecular formula is C18H24N6O. The van der Waals surface area contributed by atoms with Crippen LogP contribution in [0.4, 0.5) is 11.6 Å². The average molecular weight is 340 g/mol. The van der Waals surface area contributed by atoms with E-state index in [9.17, 15) is 4.79 Å². The first-order valence-corrected chi connectivity index (χ1v) is 8.48. The molecule has 0 atom stereocenters. The molecule has 0 aliphatic carbocycles. The van der Waals surface area contributed by atoms with Gasteiger partial charge in [-0.15, -0.1) is 0 Å². The molecule has 0 spiro atoms. The predicted octanol–water partition coefficient (Wildman–Crippen LogP) is 2.04. The maximum Gasteiger partial charge on any atom is 0.272 e. The second kappa shape index (κ2) is 7.04. The SMILES string of the molecule is CC(C)(C)Nc1ccnc(C(=O)N2CCN(c3ncccn3)CC2)c1. The monoisotopic (exact) mass is 340 g/mol. The molecule has 1 amide bonds. The minimum Gasteiger partial charge on any atom is -0.380 e. The third-order valence-corrected chi connectivity index (χ3v) is 3.90. The minimum absolute atomic E-state index is 0.0359. The van der Waals surface area contributed by atoms with Crippen LogP contribution in [0.2, 0.25) is 0 Å². The summed E-state index contributed by atoms with van der Waals surface area (Å²) in [5.74, 6) is 0.676. The van der Waals surface area contributed by atoms with Gasteiger partial charge in [0.1, 0.15) is 5.69 Å². The molecule has 7 heteroatoms. The molecule has 3 rings (SSSR count). The quantitative estimate of drug-likeness (QED) is 0.922. The molecule has 2 aromatic heterocycles. The van der Waals surface area contributed by atoms with Gasteiger partial charge in [-0.05, 0) is 39.0 Å². The number of nitrogens with one attached hydrogen (secondary N) is 1. The molecule has 1 aliphatic heterocycles. The Balaban J connectivity index is 1.64. The Morgan fingerprint density at radius 1 is 1.04 bits per heavy atom. The second-order valence-electron chi connectivity index (χ2n) is 7.13. The number of carbonyl (C=O) groups is 1. The fourth-order valence-corrected chi connectivity index (χ4v) is 2.78. The first kappa shape index (κ1) is 17.1. The van der Waals surface area contributed by atoms with Gasteiger partial charge in [0.05, 0.1) is 0 Å². The summed E-state index contributed by atoms with van der Waals surface area (Å²) in [5, 5.41) is 3.37. The number of rotatable bonds is 3. The van der Waals surface area contributed by atoms with Gasteiger partial charge in [-0.3, -0.25) is 9.78 Å². The van der Waals surface area contributed by atoms with Crippen LogP contribution in [0, 0.1) is 0 Å². The van der Waals surface area contributed by atoms with E-state index in [0.717, 1.165) is 18.8 Å². The number of nitrogens with zero attached hydrogens (tertiary/aromatic N) is 5. The van der Waals surface area contributed by atoms with Crippen molar-refractivity contribution in [3.8, 4) is 0 Å². The number of amides is 1. The predicted molar refractivity (Wildman–Crippen MR) is 97.8 cm³/mol. The summed E-state index contributed by atoms with van der Waals surface area (Å²) in [5.41, 5.74) is 1.31. The van der Waals surface area contributed by atoms with Crippen molar-refractivity contribution >= 4 is 17.5 Å². The highest BCUT2D eigenvalue weighted by Gasteiger charge is 2.24. The summed E-state index contributed by atoms with van der Waals surface area (Å²) >= 11 is 0. The highest BCUT2D eigenvalue weighted by Crippen LogP contribution is 2.17. The van der Waals surface area contributed by atoms with E-state index in [2.05, 4.69) is 45.9 Å². The summed E-state index contributed by atoms with van der Waals surface area (Å²) < 4.78 is 0. The molecule has 0 unspecified atom stereocenters. The van der Waals surface area contributed by atoms with Gasteiger partial charge in [-0.25, -0.2) is 9.97 Å². The van der Waals surface area contributed by atoms with Gasteiger partial charge < -0.3 is 15.1 Å². The molecule has 1 aliphatic rings. The van der Waals surface area contributed by atoms with Gasteiger partial charge in [0, 0.05) is 56.0 Å². The Morgan fingerprint density at radius 3 is 2.36 bits per heavy atom. The normalized spacial score (nSPS) is 15.2. The summed E-state index contributed by atoms with van der Waals surface area (Å²) in [4.78, 5) is 29.5. The molecule has 0 bridgehead atoms. The van der Waals surface area contributed by atoms with Crippen LogP contribution in [0.5, 0.6) is 0 Å². The molecule has 1 N–H and O–H groups in total. The van der Waals surface area contributed by atoms with Crippen molar-refractivity contribution in [2.45, 2.75) is 26.3 Å². The Bertz CT molecular complexity index is 720. The Kier molecular flexibility index (Phi) is 4.83. The van der Waals surface area contributed by atoms with Gasteiger partial charge in [-0.1, -0.05) is 0 Å². The third kappa shape index (κ3) is 4.43. The van der Waals surface area contributed by atoms with Crippen LogP contribution in [0.25, 0.3) is 0 Å². The number of pyridine rings is 1. The Labute approximate surface area is 148 Å². The highest BCUT2D eigenvalue weighted by molar-refractivity contribution is 5.93. The van der Waals surface area contributed by atoms with Crippen LogP contribution in [-0.2, 0) is 0 Å². The van der Waals surface area contributed by atoms with Crippen molar-refractivity contribution in [3.63, 3.8) is 0 Å². The lowest BCUT2D eigenvalue weighted by molar-refractivity contribution is 0.0740. The molecule has 3 heterocycles. The zero-order valence-corrected chi connectivity index (χ0v) is 14.9. The van der Waals surface area contributed by atoms with E-state index in [4.69, 9.17) is 0 Å². The van der Waals surface area contributed by atoms with Crippen molar-refractivity contribution in [2.75, 3.05) is 36.4 Å². The lowest BCUT2D eigenvalue weighted by Gasteiger charge is -2.34. The zero-order chi connectivity index (χ0) is 17.9. The summed E-state index contributed by atoms with van der Waals surface area (Å²) in [7, 11) is 0. The van der Waals surface area contributed by atoms with Crippen molar-refractivity contribution in [1.82, 2.24) is 19.9 Å². The summed E-state index contributed by atoms with van der Waals surface area (Å²) in [6.45, 7) is 8.95. The van der Waals surface area contributed by atoms with E-state index in [-0.39, 0.29) is 11.4 Å². The Hall–Kier alpha value is -2.70. The summed E-state index contributed by atoms with van der Waals surface area (Å²) in [6, 6.07) is 5.50. The molecule has 0 aromatic carbocycles. The lowest BCUT2D eigenvalue weighted by Crippen LogP contribution is -2.49.